The van der Waals surface area contributed by atoms with Gasteiger partial charge in [0.05, 0.1) is 11.5 Å². The van der Waals surface area contributed by atoms with Gasteiger partial charge < -0.3 is 9.52 Å². The summed E-state index contributed by atoms with van der Waals surface area (Å²) < 4.78 is 6.55. The van der Waals surface area contributed by atoms with E-state index in [4.69, 9.17) is 14.4 Å². The Kier molecular flexibility index (Phi) is 13.6. The molecule has 1 aliphatic rings. The quantitative estimate of drug-likeness (QED) is 0.0797. The summed E-state index contributed by atoms with van der Waals surface area (Å²) in [6.45, 7) is 12.6. The number of pyridine rings is 2. The van der Waals surface area contributed by atoms with Crippen molar-refractivity contribution in [1.29, 1.82) is 0 Å². The molecule has 3 aromatic heterocycles. The Morgan fingerprint density at radius 3 is 2.26 bits per heavy atom. The number of carbonyl (C=O) groups is 1. The third-order valence-corrected chi connectivity index (χ3v) is 10.4. The summed E-state index contributed by atoms with van der Waals surface area (Å²) in [6, 6.07) is 29.2. The molecule has 0 unspecified atom stereocenters. The number of nitrogens with zero attached hydrogens (tertiary/aromatic N) is 2. The predicted octanol–water partition coefficient (Wildman–Crippen LogP) is 12.3. The van der Waals surface area contributed by atoms with E-state index in [1.165, 1.54) is 33.7 Å². The number of fused-ring (bicyclic) bond motifs is 6. The van der Waals surface area contributed by atoms with Crippen molar-refractivity contribution in [2.24, 2.45) is 17.8 Å². The van der Waals surface area contributed by atoms with Crippen molar-refractivity contribution < 1.29 is 34.4 Å². The van der Waals surface area contributed by atoms with Gasteiger partial charge in [0.15, 0.2) is 5.78 Å². The van der Waals surface area contributed by atoms with E-state index in [2.05, 4.69) is 86.6 Å². The number of hydrogen-bond acceptors (Lipinski definition) is 5. The summed E-state index contributed by atoms with van der Waals surface area (Å²) in [6.07, 6.45) is 11.6. The summed E-state index contributed by atoms with van der Waals surface area (Å²) in [7, 11) is 0. The molecule has 6 heteroatoms. The minimum absolute atomic E-state index is 0. The number of aliphatic hydroxyl groups is 1. The van der Waals surface area contributed by atoms with Crippen LogP contribution in [0.1, 0.15) is 84.0 Å². The molecule has 53 heavy (non-hydrogen) atoms. The van der Waals surface area contributed by atoms with Crippen LogP contribution in [-0.2, 0) is 44.2 Å². The van der Waals surface area contributed by atoms with Gasteiger partial charge in [0.1, 0.15) is 11.3 Å². The average Bonchev–Trinajstić information content (AvgIpc) is 3.55. The van der Waals surface area contributed by atoms with Gasteiger partial charge in [-0.1, -0.05) is 107 Å². The molecule has 277 valence electrons. The topological polar surface area (TPSA) is 76.2 Å². The molecule has 0 fully saturated rings. The normalized spacial score (nSPS) is 12.4. The fourth-order valence-electron chi connectivity index (χ4n) is 7.52. The first-order chi connectivity index (χ1) is 25.3. The van der Waals surface area contributed by atoms with E-state index < -0.39 is 0 Å². The first-order valence-electron chi connectivity index (χ1n) is 19.1. The van der Waals surface area contributed by atoms with Gasteiger partial charge in [-0.15, -0.1) is 23.6 Å². The van der Waals surface area contributed by atoms with E-state index in [0.717, 1.165) is 89.6 Å². The van der Waals surface area contributed by atoms with Crippen molar-refractivity contribution in [2.75, 3.05) is 0 Å². The Balaban J connectivity index is 0.000000290. The van der Waals surface area contributed by atoms with Crippen molar-refractivity contribution in [3.05, 3.63) is 120 Å². The van der Waals surface area contributed by atoms with Gasteiger partial charge in [0.25, 0.3) is 0 Å². The largest absolute Gasteiger partial charge is 0.512 e. The SMILES string of the molecule is CC(C)Cc1cnc2c(c1)-c1oc3ccnc(-c4[c-]c5ccccc5c(-c5ccccc5)c4)c3c1CC2.CCC(CC)C(=O)/C=C(\O)C(CC)CC.[Ir]. The molecule has 6 aromatic rings. The molecule has 3 aromatic carbocycles. The van der Waals surface area contributed by atoms with Crippen LogP contribution in [0.25, 0.3) is 55.4 Å². The second-order valence-electron chi connectivity index (χ2n) is 14.4. The zero-order valence-electron chi connectivity index (χ0n) is 31.8. The Morgan fingerprint density at radius 1 is 0.868 bits per heavy atom. The van der Waals surface area contributed by atoms with Crippen molar-refractivity contribution >= 4 is 27.5 Å². The fourth-order valence-corrected chi connectivity index (χ4v) is 7.52. The molecule has 0 aliphatic heterocycles. The fraction of sp³-hybridized carbons (Fsp3) is 0.340. The monoisotopic (exact) mass is 884 g/mol. The molecule has 5 nitrogen and oxygen atoms in total. The third kappa shape index (κ3) is 8.72. The smallest absolute Gasteiger partial charge is 0.162 e. The van der Waals surface area contributed by atoms with Crippen molar-refractivity contribution in [2.45, 2.75) is 86.5 Å². The van der Waals surface area contributed by atoms with Crippen LogP contribution in [0.3, 0.4) is 0 Å². The molecule has 1 radical (unpaired) electrons. The van der Waals surface area contributed by atoms with E-state index in [-0.39, 0.29) is 43.5 Å². The van der Waals surface area contributed by atoms with Crippen LogP contribution in [0.15, 0.2) is 101 Å². The molecule has 3 heterocycles. The van der Waals surface area contributed by atoms with E-state index in [1.807, 2.05) is 46.2 Å². The van der Waals surface area contributed by atoms with Crippen LogP contribution < -0.4 is 0 Å². The van der Waals surface area contributed by atoms with Crippen LogP contribution in [0.4, 0.5) is 0 Å². The Hall–Kier alpha value is -4.38. The van der Waals surface area contributed by atoms with Gasteiger partial charge in [0, 0.05) is 72.6 Å². The van der Waals surface area contributed by atoms with Crippen LogP contribution in [-0.4, -0.2) is 20.9 Å². The molecule has 0 spiro atoms. The predicted molar refractivity (Wildman–Crippen MR) is 214 cm³/mol. The molecule has 1 aliphatic carbocycles. The maximum atomic E-state index is 11.7. The number of rotatable bonds is 11. The molecular weight excluding hydrogens is 833 g/mol. The summed E-state index contributed by atoms with van der Waals surface area (Å²) in [5.74, 6) is 2.08. The van der Waals surface area contributed by atoms with Crippen molar-refractivity contribution in [3.63, 3.8) is 0 Å². The molecule has 0 saturated carbocycles. The van der Waals surface area contributed by atoms with Gasteiger partial charge >= 0.3 is 0 Å². The number of allylic oxidation sites excluding steroid dienone is 2. The Labute approximate surface area is 328 Å². The number of carbonyl (C=O) groups excluding carboxylic acids is 1. The first kappa shape index (κ1) is 39.8. The molecule has 1 N–H and O–H groups in total. The average molecular weight is 884 g/mol. The zero-order chi connectivity index (χ0) is 36.8. The second-order valence-corrected chi connectivity index (χ2v) is 14.4. The first-order valence-corrected chi connectivity index (χ1v) is 19.1. The van der Waals surface area contributed by atoms with Crippen LogP contribution in [0.2, 0.25) is 0 Å². The second kappa shape index (κ2) is 18.1. The van der Waals surface area contributed by atoms with Gasteiger partial charge in [-0.2, -0.15) is 0 Å². The molecule has 0 saturated heterocycles. The molecule has 7 rings (SSSR count). The van der Waals surface area contributed by atoms with E-state index in [9.17, 15) is 9.90 Å². The van der Waals surface area contributed by atoms with Crippen molar-refractivity contribution in [1.82, 2.24) is 9.97 Å². The number of aryl methyl sites for hydroxylation is 2. The van der Waals surface area contributed by atoms with Crippen LogP contribution in [0, 0.1) is 23.8 Å². The number of aliphatic hydroxyl groups excluding tert-OH is 1. The van der Waals surface area contributed by atoms with E-state index in [1.54, 1.807) is 0 Å². The molecule has 0 bridgehead atoms. The number of hydrogen-bond donors (Lipinski definition) is 1. The van der Waals surface area contributed by atoms with E-state index in [0.29, 0.717) is 5.92 Å². The molecule has 0 atom stereocenters. The summed E-state index contributed by atoms with van der Waals surface area (Å²) >= 11 is 0. The Morgan fingerprint density at radius 2 is 1.57 bits per heavy atom. The zero-order valence-corrected chi connectivity index (χ0v) is 34.2. The minimum atomic E-state index is 0. The van der Waals surface area contributed by atoms with Gasteiger partial charge in [-0.05, 0) is 74.1 Å². The van der Waals surface area contributed by atoms with Gasteiger partial charge in [-0.25, -0.2) is 0 Å². The molecular formula is C47H51IrN2O3-. The minimum Gasteiger partial charge on any atom is -0.512 e. The van der Waals surface area contributed by atoms with Gasteiger partial charge in [0.2, 0.25) is 0 Å². The number of benzene rings is 3. The van der Waals surface area contributed by atoms with Crippen molar-refractivity contribution in [3.8, 4) is 33.7 Å². The molecule has 0 amide bonds. The standard InChI is InChI=1S/C34H27N2O.C13H24O2.Ir/c1-21(2)16-22-17-29-30(36-20-22)13-12-27-32-31(37-34(27)29)14-15-35-33(32)25-18-24-10-6-7-11-26(24)28(19-25)23-8-4-3-5-9-23;1-5-10(6-2)12(14)9-13(15)11(7-3)8-4;/h3-11,14-15,17,19-21H,12-13,16H2,1-2H3;9-11,14H,5-8H2,1-4H3;/q-1;;/b;12-9-;. The van der Waals surface area contributed by atoms with Gasteiger partial charge in [-0.3, -0.25) is 14.8 Å². The number of aromatic nitrogens is 2. The summed E-state index contributed by atoms with van der Waals surface area (Å²) in [5.41, 5.74) is 9.92. The maximum Gasteiger partial charge on any atom is 0.162 e. The summed E-state index contributed by atoms with van der Waals surface area (Å²) in [4.78, 5) is 21.4. The third-order valence-electron chi connectivity index (χ3n) is 10.4. The number of ketones is 1. The van der Waals surface area contributed by atoms with Crippen LogP contribution >= 0.6 is 0 Å². The van der Waals surface area contributed by atoms with Crippen LogP contribution in [0.5, 0.6) is 0 Å². The maximum absolute atomic E-state index is 11.7. The van der Waals surface area contributed by atoms with E-state index >= 15 is 0 Å². The Bertz CT molecular complexity index is 2190. The number of furan rings is 1. The summed E-state index contributed by atoms with van der Waals surface area (Å²) in [5, 5.41) is 13.1.